The summed E-state index contributed by atoms with van der Waals surface area (Å²) in [6.45, 7) is 0. The van der Waals surface area contributed by atoms with E-state index in [0.717, 1.165) is 24.3 Å². The molecule has 7 heteroatoms. The molecule has 0 aliphatic carbocycles. The number of benzene rings is 2. The van der Waals surface area contributed by atoms with Gasteiger partial charge in [-0.2, -0.15) is 18.4 Å². The Kier molecular flexibility index (Phi) is 4.05. The van der Waals surface area contributed by atoms with Gasteiger partial charge in [0.1, 0.15) is 5.82 Å². The molecule has 2 rings (SSSR count). The highest BCUT2D eigenvalue weighted by atomic mass is 35.5. The monoisotopic (exact) mass is 314 g/mol. The molecule has 2 aromatic rings. The van der Waals surface area contributed by atoms with E-state index < -0.39 is 23.1 Å². The summed E-state index contributed by atoms with van der Waals surface area (Å²) in [4.78, 5) is 0. The van der Waals surface area contributed by atoms with Crippen molar-refractivity contribution >= 4 is 23.0 Å². The Hall–Kier alpha value is -2.26. The number of rotatable bonds is 2. The van der Waals surface area contributed by atoms with Gasteiger partial charge in [0, 0.05) is 5.69 Å². The normalized spacial score (nSPS) is 11.0. The molecule has 0 aliphatic heterocycles. The summed E-state index contributed by atoms with van der Waals surface area (Å²) in [5.74, 6) is -0.532. The van der Waals surface area contributed by atoms with E-state index in [-0.39, 0.29) is 10.7 Å². The zero-order valence-corrected chi connectivity index (χ0v) is 11.1. The second kappa shape index (κ2) is 5.62. The summed E-state index contributed by atoms with van der Waals surface area (Å²) in [5.41, 5.74) is -0.957. The predicted octanol–water partition coefficient (Wildman–Crippen LogP) is 5.11. The summed E-state index contributed by atoms with van der Waals surface area (Å²) in [6.07, 6.45) is -4.60. The minimum absolute atomic E-state index is 0.0772. The fourth-order valence-electron chi connectivity index (χ4n) is 1.71. The lowest BCUT2D eigenvalue weighted by Crippen LogP contribution is -2.08. The maximum Gasteiger partial charge on any atom is 0.417 e. The molecule has 0 aliphatic rings. The molecule has 0 spiro atoms. The third-order valence-corrected chi connectivity index (χ3v) is 2.97. The smallest absolute Gasteiger partial charge is 0.354 e. The van der Waals surface area contributed by atoms with Crippen LogP contribution in [0, 0.1) is 17.1 Å². The summed E-state index contributed by atoms with van der Waals surface area (Å²) in [6, 6.07) is 8.10. The predicted molar refractivity (Wildman–Crippen MR) is 70.9 cm³/mol. The molecule has 0 radical (unpaired) electrons. The number of halogens is 5. The zero-order chi connectivity index (χ0) is 15.6. The largest absolute Gasteiger partial charge is 0.417 e. The number of alkyl halides is 3. The van der Waals surface area contributed by atoms with E-state index in [1.807, 2.05) is 0 Å². The highest BCUT2D eigenvalue weighted by Crippen LogP contribution is 2.34. The van der Waals surface area contributed by atoms with Gasteiger partial charge in [0.2, 0.25) is 0 Å². The van der Waals surface area contributed by atoms with Gasteiger partial charge >= 0.3 is 6.18 Å². The molecule has 0 bridgehead atoms. The van der Waals surface area contributed by atoms with Crippen molar-refractivity contribution in [1.29, 1.82) is 5.26 Å². The van der Waals surface area contributed by atoms with Crippen LogP contribution >= 0.6 is 11.6 Å². The van der Waals surface area contributed by atoms with Gasteiger partial charge in [0.15, 0.2) is 0 Å². The summed E-state index contributed by atoms with van der Waals surface area (Å²) in [5, 5.41) is 11.6. The third kappa shape index (κ3) is 3.44. The minimum atomic E-state index is -4.60. The summed E-state index contributed by atoms with van der Waals surface area (Å²) < 4.78 is 50.9. The lowest BCUT2D eigenvalue weighted by molar-refractivity contribution is -0.137. The van der Waals surface area contributed by atoms with Crippen molar-refractivity contribution in [2.45, 2.75) is 6.18 Å². The molecule has 0 atom stereocenters. The molecule has 0 saturated heterocycles. The number of nitriles is 1. The Morgan fingerprint density at radius 2 is 1.81 bits per heavy atom. The Morgan fingerprint density at radius 3 is 2.38 bits per heavy atom. The van der Waals surface area contributed by atoms with E-state index >= 15 is 0 Å². The van der Waals surface area contributed by atoms with Crippen molar-refractivity contribution in [3.8, 4) is 6.07 Å². The maximum absolute atomic E-state index is 12.9. The van der Waals surface area contributed by atoms with Crippen LogP contribution in [-0.4, -0.2) is 0 Å². The number of nitrogens with zero attached hydrogens (tertiary/aromatic N) is 1. The Bertz CT molecular complexity index is 720. The van der Waals surface area contributed by atoms with Crippen LogP contribution in [0.1, 0.15) is 11.1 Å². The zero-order valence-electron chi connectivity index (χ0n) is 10.3. The summed E-state index contributed by atoms with van der Waals surface area (Å²) >= 11 is 5.81. The van der Waals surface area contributed by atoms with E-state index in [4.69, 9.17) is 16.9 Å². The minimum Gasteiger partial charge on any atom is -0.354 e. The average Bonchev–Trinajstić information content (AvgIpc) is 2.40. The molecule has 0 aromatic heterocycles. The second-order valence-corrected chi connectivity index (χ2v) is 4.53. The molecular formula is C14H7ClF4N2. The Labute approximate surface area is 122 Å². The summed E-state index contributed by atoms with van der Waals surface area (Å²) in [7, 11) is 0. The Morgan fingerprint density at radius 1 is 1.10 bits per heavy atom. The van der Waals surface area contributed by atoms with E-state index in [2.05, 4.69) is 5.32 Å². The fourth-order valence-corrected chi connectivity index (χ4v) is 1.92. The fraction of sp³-hybridized carbons (Fsp3) is 0.0714. The maximum atomic E-state index is 12.9. The SMILES string of the molecule is N#Cc1cc(Nc2ccc(F)cc2Cl)ccc1C(F)(F)F. The highest BCUT2D eigenvalue weighted by Gasteiger charge is 2.33. The quantitative estimate of drug-likeness (QED) is 0.782. The van der Waals surface area contributed by atoms with Gasteiger partial charge in [0.25, 0.3) is 0 Å². The highest BCUT2D eigenvalue weighted by molar-refractivity contribution is 6.33. The average molecular weight is 315 g/mol. The van der Waals surface area contributed by atoms with E-state index in [9.17, 15) is 17.6 Å². The molecule has 0 amide bonds. The molecule has 0 saturated carbocycles. The van der Waals surface area contributed by atoms with Crippen LogP contribution < -0.4 is 5.32 Å². The molecule has 2 nitrogen and oxygen atoms in total. The Balaban J connectivity index is 2.36. The van der Waals surface area contributed by atoms with Crippen LogP contribution in [0.5, 0.6) is 0 Å². The van der Waals surface area contributed by atoms with Crippen molar-refractivity contribution in [2.24, 2.45) is 0 Å². The molecule has 0 unspecified atom stereocenters. The van der Waals surface area contributed by atoms with Crippen LogP contribution in [0.3, 0.4) is 0 Å². The van der Waals surface area contributed by atoms with Crippen LogP contribution in [0.4, 0.5) is 28.9 Å². The molecule has 0 heterocycles. The number of hydrogen-bond donors (Lipinski definition) is 1. The van der Waals surface area contributed by atoms with Gasteiger partial charge in [-0.1, -0.05) is 11.6 Å². The van der Waals surface area contributed by atoms with Crippen LogP contribution in [0.2, 0.25) is 5.02 Å². The van der Waals surface area contributed by atoms with E-state index in [1.54, 1.807) is 0 Å². The molecule has 108 valence electrons. The molecule has 21 heavy (non-hydrogen) atoms. The van der Waals surface area contributed by atoms with E-state index in [1.165, 1.54) is 18.2 Å². The van der Waals surface area contributed by atoms with Crippen LogP contribution in [-0.2, 0) is 6.18 Å². The molecule has 2 aromatic carbocycles. The molecule has 0 fully saturated rings. The van der Waals surface area contributed by atoms with Gasteiger partial charge in [-0.05, 0) is 36.4 Å². The number of hydrogen-bond acceptors (Lipinski definition) is 2. The lowest BCUT2D eigenvalue weighted by atomic mass is 10.1. The first-order valence-corrected chi connectivity index (χ1v) is 6.02. The number of anilines is 2. The standard InChI is InChI=1S/C14H7ClF4N2/c15-12-6-9(16)1-4-13(12)21-10-2-3-11(14(17,18)19)8(5-10)7-20/h1-6,21H. The first-order chi connectivity index (χ1) is 9.81. The topological polar surface area (TPSA) is 35.8 Å². The van der Waals surface area contributed by atoms with E-state index in [0.29, 0.717) is 5.69 Å². The second-order valence-electron chi connectivity index (χ2n) is 4.12. The van der Waals surface area contributed by atoms with Crippen molar-refractivity contribution < 1.29 is 17.6 Å². The van der Waals surface area contributed by atoms with Crippen molar-refractivity contribution in [1.82, 2.24) is 0 Å². The van der Waals surface area contributed by atoms with Crippen molar-refractivity contribution in [2.75, 3.05) is 5.32 Å². The first-order valence-electron chi connectivity index (χ1n) is 5.64. The van der Waals surface area contributed by atoms with Crippen molar-refractivity contribution in [3.63, 3.8) is 0 Å². The van der Waals surface area contributed by atoms with Gasteiger partial charge in [-0.3, -0.25) is 0 Å². The van der Waals surface area contributed by atoms with Gasteiger partial charge in [-0.15, -0.1) is 0 Å². The van der Waals surface area contributed by atoms with Crippen molar-refractivity contribution in [3.05, 3.63) is 58.4 Å². The van der Waals surface area contributed by atoms with Crippen LogP contribution in [0.25, 0.3) is 0 Å². The van der Waals surface area contributed by atoms with Gasteiger partial charge in [0.05, 0.1) is 27.9 Å². The molecular weight excluding hydrogens is 308 g/mol. The van der Waals surface area contributed by atoms with Crippen LogP contribution in [0.15, 0.2) is 36.4 Å². The molecule has 1 N–H and O–H groups in total. The van der Waals surface area contributed by atoms with Gasteiger partial charge < -0.3 is 5.32 Å². The lowest BCUT2D eigenvalue weighted by Gasteiger charge is -2.12. The number of nitrogens with one attached hydrogen (secondary N) is 1. The third-order valence-electron chi connectivity index (χ3n) is 2.66. The van der Waals surface area contributed by atoms with Gasteiger partial charge in [-0.25, -0.2) is 4.39 Å². The first kappa shape index (κ1) is 15.1.